The van der Waals surface area contributed by atoms with Crippen LogP contribution in [0.3, 0.4) is 0 Å². The first kappa shape index (κ1) is 15.3. The molecule has 1 aromatic carbocycles. The van der Waals surface area contributed by atoms with Crippen molar-refractivity contribution in [3.8, 4) is 5.75 Å². The van der Waals surface area contributed by atoms with E-state index in [1.54, 1.807) is 18.4 Å². The number of aromatic nitrogens is 1. The Kier molecular flexibility index (Phi) is 5.83. The second-order valence-electron chi connectivity index (χ2n) is 4.56. The molecule has 0 bridgehead atoms. The number of benzene rings is 1. The van der Waals surface area contributed by atoms with E-state index in [2.05, 4.69) is 17.2 Å². The third-order valence-electron chi connectivity index (χ3n) is 3.10. The van der Waals surface area contributed by atoms with Crippen molar-refractivity contribution in [3.63, 3.8) is 0 Å². The predicted molar refractivity (Wildman–Crippen MR) is 84.9 cm³/mol. The highest BCUT2D eigenvalue weighted by Crippen LogP contribution is 2.31. The molecule has 2 aromatic rings. The quantitative estimate of drug-likeness (QED) is 0.836. The molecular weight excluding hydrogens is 292 g/mol. The molecule has 0 spiro atoms. The molecule has 0 amide bonds. The van der Waals surface area contributed by atoms with Crippen LogP contribution in [-0.4, -0.2) is 18.6 Å². The number of hydrogen-bond donors (Lipinski definition) is 1. The first-order valence-electron chi connectivity index (χ1n) is 6.68. The highest BCUT2D eigenvalue weighted by atomic mass is 35.5. The summed E-state index contributed by atoms with van der Waals surface area (Å²) in [5.41, 5.74) is 3.00. The largest absolute Gasteiger partial charge is 0.496 e. The van der Waals surface area contributed by atoms with Gasteiger partial charge >= 0.3 is 0 Å². The topological polar surface area (TPSA) is 34.2 Å². The van der Waals surface area contributed by atoms with Crippen molar-refractivity contribution in [2.24, 2.45) is 0 Å². The van der Waals surface area contributed by atoms with Crippen LogP contribution < -0.4 is 10.1 Å². The molecule has 1 aromatic heterocycles. The average molecular weight is 311 g/mol. The molecule has 1 heterocycles. The zero-order valence-corrected chi connectivity index (χ0v) is 13.3. The fourth-order valence-corrected chi connectivity index (χ4v) is 2.93. The number of rotatable bonds is 7. The maximum absolute atomic E-state index is 6.04. The molecule has 1 atom stereocenters. The van der Waals surface area contributed by atoms with Crippen molar-refractivity contribution in [2.75, 3.05) is 13.7 Å². The molecule has 0 aliphatic carbocycles. The molecule has 0 radical (unpaired) electrons. The first-order chi connectivity index (χ1) is 9.74. The lowest BCUT2D eigenvalue weighted by Crippen LogP contribution is -2.24. The predicted octanol–water partition coefficient (Wildman–Crippen LogP) is 4.09. The number of methoxy groups -OCH3 is 1. The standard InChI is InChI=1S/C15H19ClN2OS/c1-3-6-18-14(8-12-9-17-10-20-12)13-5-4-11(16)7-15(13)19-2/h4-5,7,9-10,14,18H,3,6,8H2,1-2H3. The van der Waals surface area contributed by atoms with Crippen LogP contribution in [0.5, 0.6) is 5.75 Å². The highest BCUT2D eigenvalue weighted by molar-refractivity contribution is 7.09. The number of nitrogens with zero attached hydrogens (tertiary/aromatic N) is 1. The lowest BCUT2D eigenvalue weighted by atomic mass is 10.0. The number of halogens is 1. The Bertz CT molecular complexity index is 531. The van der Waals surface area contributed by atoms with Crippen LogP contribution in [0.25, 0.3) is 0 Å². The summed E-state index contributed by atoms with van der Waals surface area (Å²) in [7, 11) is 1.68. The maximum atomic E-state index is 6.04. The molecule has 0 aliphatic heterocycles. The van der Waals surface area contributed by atoms with E-state index < -0.39 is 0 Å². The van der Waals surface area contributed by atoms with Crippen molar-refractivity contribution in [1.82, 2.24) is 10.3 Å². The van der Waals surface area contributed by atoms with Crippen LogP contribution in [0.1, 0.15) is 29.8 Å². The van der Waals surface area contributed by atoms with E-state index in [1.807, 2.05) is 29.9 Å². The molecule has 3 nitrogen and oxygen atoms in total. The van der Waals surface area contributed by atoms with Crippen LogP contribution in [0.4, 0.5) is 0 Å². The monoisotopic (exact) mass is 310 g/mol. The zero-order valence-electron chi connectivity index (χ0n) is 11.7. The lowest BCUT2D eigenvalue weighted by Gasteiger charge is -2.21. The third kappa shape index (κ3) is 3.95. The van der Waals surface area contributed by atoms with E-state index in [-0.39, 0.29) is 6.04 Å². The summed E-state index contributed by atoms with van der Waals surface area (Å²) >= 11 is 7.72. The summed E-state index contributed by atoms with van der Waals surface area (Å²) in [5.74, 6) is 0.829. The minimum atomic E-state index is 0.211. The van der Waals surface area contributed by atoms with Gasteiger partial charge in [0.2, 0.25) is 0 Å². The van der Waals surface area contributed by atoms with Crippen molar-refractivity contribution in [2.45, 2.75) is 25.8 Å². The normalized spacial score (nSPS) is 12.3. The Balaban J connectivity index is 2.25. The average Bonchev–Trinajstić information content (AvgIpc) is 2.96. The fraction of sp³-hybridized carbons (Fsp3) is 0.400. The van der Waals surface area contributed by atoms with Gasteiger partial charge in [-0.3, -0.25) is 4.98 Å². The zero-order chi connectivity index (χ0) is 14.4. The van der Waals surface area contributed by atoms with Gasteiger partial charge < -0.3 is 10.1 Å². The van der Waals surface area contributed by atoms with Crippen molar-refractivity contribution in [3.05, 3.63) is 45.4 Å². The fourth-order valence-electron chi connectivity index (χ4n) is 2.13. The second kappa shape index (κ2) is 7.62. The maximum Gasteiger partial charge on any atom is 0.125 e. The molecule has 0 aliphatic rings. The molecule has 108 valence electrons. The van der Waals surface area contributed by atoms with Gasteiger partial charge in [0.25, 0.3) is 0 Å². The molecule has 1 N–H and O–H groups in total. The van der Waals surface area contributed by atoms with Gasteiger partial charge in [-0.2, -0.15) is 0 Å². The number of thiazole rings is 1. The van der Waals surface area contributed by atoms with Crippen LogP contribution in [0, 0.1) is 0 Å². The van der Waals surface area contributed by atoms with Gasteiger partial charge in [0.15, 0.2) is 0 Å². The number of nitrogens with one attached hydrogen (secondary N) is 1. The van der Waals surface area contributed by atoms with Crippen molar-refractivity contribution >= 4 is 22.9 Å². The molecular formula is C15H19ClN2OS. The van der Waals surface area contributed by atoms with E-state index in [0.29, 0.717) is 5.02 Å². The summed E-state index contributed by atoms with van der Waals surface area (Å²) in [4.78, 5) is 5.40. The smallest absolute Gasteiger partial charge is 0.125 e. The summed E-state index contributed by atoms with van der Waals surface area (Å²) in [5, 5.41) is 4.27. The number of hydrogen-bond acceptors (Lipinski definition) is 4. The molecule has 5 heteroatoms. The van der Waals surface area contributed by atoms with Gasteiger partial charge in [-0.05, 0) is 25.1 Å². The molecule has 2 rings (SSSR count). The van der Waals surface area contributed by atoms with Gasteiger partial charge in [-0.1, -0.05) is 24.6 Å². The Labute approximate surface area is 129 Å². The van der Waals surface area contributed by atoms with E-state index in [9.17, 15) is 0 Å². The van der Waals surface area contributed by atoms with Gasteiger partial charge in [-0.15, -0.1) is 11.3 Å². The number of ether oxygens (including phenoxy) is 1. The van der Waals surface area contributed by atoms with Gasteiger partial charge in [0.05, 0.1) is 12.6 Å². The third-order valence-corrected chi connectivity index (χ3v) is 4.14. The molecule has 0 saturated carbocycles. The lowest BCUT2D eigenvalue weighted by molar-refractivity contribution is 0.398. The van der Waals surface area contributed by atoms with E-state index in [0.717, 1.165) is 30.7 Å². The Hall–Kier alpha value is -1.10. The molecule has 20 heavy (non-hydrogen) atoms. The van der Waals surface area contributed by atoms with Crippen LogP contribution >= 0.6 is 22.9 Å². The Morgan fingerprint density at radius 3 is 2.95 bits per heavy atom. The van der Waals surface area contributed by atoms with Gasteiger partial charge in [0, 0.05) is 34.1 Å². The van der Waals surface area contributed by atoms with E-state index >= 15 is 0 Å². The summed E-state index contributed by atoms with van der Waals surface area (Å²) in [6.07, 6.45) is 3.92. The van der Waals surface area contributed by atoms with Gasteiger partial charge in [-0.25, -0.2) is 0 Å². The van der Waals surface area contributed by atoms with Crippen molar-refractivity contribution in [1.29, 1.82) is 0 Å². The summed E-state index contributed by atoms with van der Waals surface area (Å²) in [6.45, 7) is 3.13. The molecule has 0 saturated heterocycles. The van der Waals surface area contributed by atoms with Crippen LogP contribution in [-0.2, 0) is 6.42 Å². The van der Waals surface area contributed by atoms with Crippen LogP contribution in [0.15, 0.2) is 29.9 Å². The van der Waals surface area contributed by atoms with E-state index in [1.165, 1.54) is 4.88 Å². The highest BCUT2D eigenvalue weighted by Gasteiger charge is 2.17. The minimum Gasteiger partial charge on any atom is -0.496 e. The van der Waals surface area contributed by atoms with E-state index in [4.69, 9.17) is 16.3 Å². The van der Waals surface area contributed by atoms with Crippen LogP contribution in [0.2, 0.25) is 5.02 Å². The van der Waals surface area contributed by atoms with Gasteiger partial charge in [0.1, 0.15) is 5.75 Å². The second-order valence-corrected chi connectivity index (χ2v) is 5.97. The minimum absolute atomic E-state index is 0.211. The van der Waals surface area contributed by atoms with Crippen molar-refractivity contribution < 1.29 is 4.74 Å². The summed E-state index contributed by atoms with van der Waals surface area (Å²) < 4.78 is 5.47. The molecule has 0 fully saturated rings. The Morgan fingerprint density at radius 2 is 2.30 bits per heavy atom. The SMILES string of the molecule is CCCNC(Cc1cncs1)c1ccc(Cl)cc1OC. The first-order valence-corrected chi connectivity index (χ1v) is 7.94. The Morgan fingerprint density at radius 1 is 1.45 bits per heavy atom. The molecule has 1 unspecified atom stereocenters. The summed E-state index contributed by atoms with van der Waals surface area (Å²) in [6, 6.07) is 6.02.